The Balaban J connectivity index is 1.72. The summed E-state index contributed by atoms with van der Waals surface area (Å²) in [7, 11) is -1.56. The molecule has 7 nitrogen and oxygen atoms in total. The molecule has 0 fully saturated rings. The second-order valence-electron chi connectivity index (χ2n) is 10.2. The van der Waals surface area contributed by atoms with Gasteiger partial charge in [-0.1, -0.05) is 30.3 Å². The number of carbonyl (C=O) groups is 1. The SMILES string of the molecule is CCN(CC)c1ccc2c(-c3ccccc3C(=O)Nc3ccc(B(O)O)cc3)c3ccc(=[N+](CC)CC)cc-3oc2c1. The van der Waals surface area contributed by atoms with Crippen molar-refractivity contribution >= 4 is 40.8 Å². The molecule has 1 heterocycles. The highest BCUT2D eigenvalue weighted by atomic mass is 16.4. The first-order valence-electron chi connectivity index (χ1n) is 14.6. The maximum Gasteiger partial charge on any atom is 0.488 e. The van der Waals surface area contributed by atoms with Crippen molar-refractivity contribution < 1.29 is 19.3 Å². The Hall–Kier alpha value is -4.40. The molecule has 0 aromatic heterocycles. The van der Waals surface area contributed by atoms with Crippen molar-refractivity contribution in [2.24, 2.45) is 0 Å². The first kappa shape index (κ1) is 29.1. The van der Waals surface area contributed by atoms with Crippen LogP contribution in [0.5, 0.6) is 0 Å². The van der Waals surface area contributed by atoms with E-state index in [4.69, 9.17) is 4.42 Å². The van der Waals surface area contributed by atoms with Gasteiger partial charge in [0.1, 0.15) is 24.4 Å². The van der Waals surface area contributed by atoms with E-state index in [0.29, 0.717) is 16.7 Å². The molecule has 3 aromatic rings. The number of carbonyl (C=O) groups excluding carboxylic acids is 1. The predicted octanol–water partition coefficient (Wildman–Crippen LogP) is 4.79. The van der Waals surface area contributed by atoms with Crippen LogP contribution in [0.15, 0.2) is 89.3 Å². The second kappa shape index (κ2) is 12.6. The van der Waals surface area contributed by atoms with Crippen molar-refractivity contribution in [3.8, 4) is 22.5 Å². The van der Waals surface area contributed by atoms with Crippen LogP contribution < -0.4 is 25.6 Å². The summed E-state index contributed by atoms with van der Waals surface area (Å²) in [4.78, 5) is 16.0. The molecule has 0 saturated carbocycles. The van der Waals surface area contributed by atoms with E-state index in [2.05, 4.69) is 78.9 Å². The van der Waals surface area contributed by atoms with Gasteiger partial charge in [0.05, 0.1) is 6.07 Å². The molecule has 0 saturated heterocycles. The summed E-state index contributed by atoms with van der Waals surface area (Å²) >= 11 is 0. The number of rotatable bonds is 9. The molecule has 5 rings (SSSR count). The number of hydrogen-bond donors (Lipinski definition) is 3. The largest absolute Gasteiger partial charge is 0.488 e. The minimum Gasteiger partial charge on any atom is -0.456 e. The predicted molar refractivity (Wildman–Crippen MR) is 172 cm³/mol. The first-order valence-corrected chi connectivity index (χ1v) is 14.6. The van der Waals surface area contributed by atoms with Crippen LogP contribution in [0.4, 0.5) is 11.4 Å². The average Bonchev–Trinajstić information content (AvgIpc) is 3.01. The van der Waals surface area contributed by atoms with Gasteiger partial charge in [-0.05, 0) is 75.1 Å². The number of benzene rings is 4. The van der Waals surface area contributed by atoms with Gasteiger partial charge in [-0.2, -0.15) is 0 Å². The lowest BCUT2D eigenvalue weighted by molar-refractivity contribution is 0.102. The third-order valence-electron chi connectivity index (χ3n) is 7.85. The molecule has 0 radical (unpaired) electrons. The Kier molecular flexibility index (Phi) is 8.76. The van der Waals surface area contributed by atoms with Crippen molar-refractivity contribution in [2.45, 2.75) is 27.7 Å². The lowest BCUT2D eigenvalue weighted by Gasteiger charge is -2.22. The zero-order valence-corrected chi connectivity index (χ0v) is 24.6. The smallest absolute Gasteiger partial charge is 0.456 e. The van der Waals surface area contributed by atoms with E-state index in [0.717, 1.165) is 70.6 Å². The highest BCUT2D eigenvalue weighted by Gasteiger charge is 2.23. The molecular formula is C34H37BN3O4+. The van der Waals surface area contributed by atoms with Crippen molar-refractivity contribution in [3.05, 3.63) is 95.8 Å². The molecule has 42 heavy (non-hydrogen) atoms. The van der Waals surface area contributed by atoms with Gasteiger partial charge in [-0.25, -0.2) is 4.58 Å². The zero-order valence-electron chi connectivity index (χ0n) is 24.6. The minimum absolute atomic E-state index is 0.260. The number of amides is 1. The van der Waals surface area contributed by atoms with Crippen LogP contribution in [0.2, 0.25) is 0 Å². The van der Waals surface area contributed by atoms with Gasteiger partial charge in [0.25, 0.3) is 5.91 Å². The van der Waals surface area contributed by atoms with E-state index in [1.165, 1.54) is 0 Å². The molecule has 0 unspecified atom stereocenters. The van der Waals surface area contributed by atoms with E-state index >= 15 is 0 Å². The van der Waals surface area contributed by atoms with E-state index in [9.17, 15) is 14.8 Å². The van der Waals surface area contributed by atoms with Gasteiger partial charge in [-0.15, -0.1) is 0 Å². The summed E-state index contributed by atoms with van der Waals surface area (Å²) in [6.07, 6.45) is 0. The molecular weight excluding hydrogens is 525 g/mol. The van der Waals surface area contributed by atoms with Gasteiger partial charge in [0.2, 0.25) is 5.36 Å². The van der Waals surface area contributed by atoms with Gasteiger partial charge in [0.15, 0.2) is 0 Å². The Bertz CT molecular complexity index is 1750. The fourth-order valence-electron chi connectivity index (χ4n) is 5.56. The summed E-state index contributed by atoms with van der Waals surface area (Å²) in [5.41, 5.74) is 5.95. The number of fused-ring (bicyclic) bond motifs is 2. The van der Waals surface area contributed by atoms with E-state index in [1.54, 1.807) is 24.3 Å². The van der Waals surface area contributed by atoms with Crippen molar-refractivity contribution in [1.82, 2.24) is 4.58 Å². The fraction of sp³-hybridized carbons (Fsp3) is 0.235. The highest BCUT2D eigenvalue weighted by Crippen LogP contribution is 2.42. The lowest BCUT2D eigenvalue weighted by Crippen LogP contribution is -2.29. The molecule has 1 aliphatic heterocycles. The Morgan fingerprint density at radius 3 is 2.24 bits per heavy atom. The van der Waals surface area contributed by atoms with Crippen molar-refractivity contribution in [2.75, 3.05) is 36.4 Å². The monoisotopic (exact) mass is 562 g/mol. The third kappa shape index (κ3) is 5.68. The Labute approximate surface area is 246 Å². The lowest BCUT2D eigenvalue weighted by atomic mass is 9.80. The topological polar surface area (TPSA) is 89.0 Å². The van der Waals surface area contributed by atoms with E-state index in [1.807, 2.05) is 24.3 Å². The third-order valence-corrected chi connectivity index (χ3v) is 7.85. The molecule has 3 N–H and O–H groups in total. The molecule has 3 aromatic carbocycles. The van der Waals surface area contributed by atoms with E-state index in [-0.39, 0.29) is 5.91 Å². The van der Waals surface area contributed by atoms with Crippen LogP contribution in [0.3, 0.4) is 0 Å². The Morgan fingerprint density at radius 1 is 0.857 bits per heavy atom. The molecule has 2 aliphatic rings. The quantitative estimate of drug-likeness (QED) is 0.137. The summed E-state index contributed by atoms with van der Waals surface area (Å²) < 4.78 is 8.89. The number of nitrogens with one attached hydrogen (secondary N) is 1. The van der Waals surface area contributed by atoms with Gasteiger partial charge >= 0.3 is 7.12 Å². The van der Waals surface area contributed by atoms with Gasteiger partial charge < -0.3 is 24.7 Å². The second-order valence-corrected chi connectivity index (χ2v) is 10.2. The summed E-state index contributed by atoms with van der Waals surface area (Å²) in [6, 6.07) is 26.7. The van der Waals surface area contributed by atoms with Crippen LogP contribution in [-0.2, 0) is 0 Å². The molecule has 214 valence electrons. The van der Waals surface area contributed by atoms with Crippen LogP contribution in [-0.4, -0.2) is 49.3 Å². The minimum atomic E-state index is -1.56. The van der Waals surface area contributed by atoms with Crippen LogP contribution in [0, 0.1) is 0 Å². The van der Waals surface area contributed by atoms with Gasteiger partial charge in [0, 0.05) is 58.7 Å². The van der Waals surface area contributed by atoms with Crippen LogP contribution >= 0.6 is 0 Å². The molecule has 0 spiro atoms. The number of anilines is 2. The van der Waals surface area contributed by atoms with Crippen LogP contribution in [0.1, 0.15) is 38.1 Å². The van der Waals surface area contributed by atoms with E-state index < -0.39 is 7.12 Å². The van der Waals surface area contributed by atoms with Crippen molar-refractivity contribution in [3.63, 3.8) is 0 Å². The maximum absolute atomic E-state index is 13.7. The Morgan fingerprint density at radius 2 is 1.57 bits per heavy atom. The standard InChI is InChI=1S/C34H36BN3O4/c1-5-37(6-2)25-17-19-29-31(21-25)42-32-22-26(38(7-3)8-4)18-20-30(32)33(29)27-11-9-10-12-28(27)34(39)36-24-15-13-23(14-16-24)35(40)41/h9-22,40-41H,5-8H2,1-4H3/p+1. The van der Waals surface area contributed by atoms with Crippen LogP contribution in [0.25, 0.3) is 33.4 Å². The number of hydrogen-bond acceptors (Lipinski definition) is 5. The molecule has 1 amide bonds. The molecule has 0 atom stereocenters. The van der Waals surface area contributed by atoms with Gasteiger partial charge in [-0.3, -0.25) is 4.79 Å². The maximum atomic E-state index is 13.7. The zero-order chi connectivity index (χ0) is 29.8. The summed E-state index contributed by atoms with van der Waals surface area (Å²) in [5.74, 6) is 0.497. The first-order chi connectivity index (χ1) is 20.4. The highest BCUT2D eigenvalue weighted by molar-refractivity contribution is 6.58. The number of nitrogens with zero attached hydrogens (tertiary/aromatic N) is 2. The molecule has 0 bridgehead atoms. The summed E-state index contributed by atoms with van der Waals surface area (Å²) in [6.45, 7) is 12.1. The molecule has 8 heteroatoms. The average molecular weight is 562 g/mol. The normalized spacial score (nSPS) is 11.1. The molecule has 1 aliphatic carbocycles. The van der Waals surface area contributed by atoms with Crippen molar-refractivity contribution in [1.29, 1.82) is 0 Å². The fourth-order valence-corrected chi connectivity index (χ4v) is 5.56. The summed E-state index contributed by atoms with van der Waals surface area (Å²) in [5, 5.41) is 23.8.